The molecule has 0 N–H and O–H groups in total. The van der Waals surface area contributed by atoms with Gasteiger partial charge in [-0.3, -0.25) is 0 Å². The first-order valence-electron chi connectivity index (χ1n) is 17.0. The van der Waals surface area contributed by atoms with Crippen LogP contribution in [0.25, 0.3) is 0 Å². The lowest BCUT2D eigenvalue weighted by Gasteiger charge is -2.19. The summed E-state index contributed by atoms with van der Waals surface area (Å²) in [5.41, 5.74) is 2.90. The smallest absolute Gasteiger partial charge is 0.0824 e. The van der Waals surface area contributed by atoms with Crippen molar-refractivity contribution in [1.82, 2.24) is 0 Å². The van der Waals surface area contributed by atoms with Crippen molar-refractivity contribution in [3.05, 3.63) is 35.4 Å². The van der Waals surface area contributed by atoms with Gasteiger partial charge in [-0.25, -0.2) is 0 Å². The maximum atomic E-state index is 6.39. The number of rotatable bonds is 28. The molecule has 0 aliphatic rings. The summed E-state index contributed by atoms with van der Waals surface area (Å²) in [6.07, 6.45) is 34.6. The van der Waals surface area contributed by atoms with E-state index < -0.39 is 0 Å². The van der Waals surface area contributed by atoms with Gasteiger partial charge in [0.1, 0.15) is 0 Å². The van der Waals surface area contributed by atoms with E-state index in [1.54, 1.807) is 0 Å². The van der Waals surface area contributed by atoms with Gasteiger partial charge >= 0.3 is 0 Å². The van der Waals surface area contributed by atoms with E-state index in [0.717, 1.165) is 6.61 Å². The first-order valence-corrected chi connectivity index (χ1v) is 17.0. The van der Waals surface area contributed by atoms with Crippen molar-refractivity contribution in [3.8, 4) is 0 Å². The topological polar surface area (TPSA) is 9.23 Å². The number of benzene rings is 1. The molecule has 1 unspecified atom stereocenters. The minimum absolute atomic E-state index is 0.289. The van der Waals surface area contributed by atoms with Gasteiger partial charge < -0.3 is 4.74 Å². The van der Waals surface area contributed by atoms with Gasteiger partial charge in [0, 0.05) is 6.61 Å². The van der Waals surface area contributed by atoms with E-state index in [2.05, 4.69) is 45.0 Å². The second-order valence-corrected chi connectivity index (χ2v) is 11.7. The second kappa shape index (κ2) is 26.8. The summed E-state index contributed by atoms with van der Waals surface area (Å²) < 4.78 is 6.39. The van der Waals surface area contributed by atoms with Crippen LogP contribution < -0.4 is 0 Å². The second-order valence-electron chi connectivity index (χ2n) is 11.7. The molecule has 1 aromatic carbocycles. The number of unbranched alkanes of at least 4 members (excludes halogenated alkanes) is 20. The fraction of sp³-hybridized carbons (Fsp3) is 0.833. The summed E-state index contributed by atoms with van der Waals surface area (Å²) >= 11 is 0. The molecule has 0 aliphatic carbocycles. The summed E-state index contributed by atoms with van der Waals surface area (Å²) in [5, 5.41) is 0. The van der Waals surface area contributed by atoms with E-state index in [-0.39, 0.29) is 6.10 Å². The van der Waals surface area contributed by atoms with E-state index in [4.69, 9.17) is 4.74 Å². The predicted octanol–water partition coefficient (Wildman–Crippen LogP) is 12.7. The molecule has 0 spiro atoms. The Morgan fingerprint density at radius 1 is 0.459 bits per heavy atom. The third-order valence-electron chi connectivity index (χ3n) is 8.06. The van der Waals surface area contributed by atoms with E-state index in [1.807, 2.05) is 0 Å². The number of hydrogen-bond acceptors (Lipinski definition) is 1. The Bertz CT molecular complexity index is 563. The molecule has 1 heteroatoms. The molecule has 1 atom stereocenters. The standard InChI is InChI=1S/C36H66O/c1-4-7-10-12-13-14-15-16-17-18-19-20-21-22-25-27-34-29-31-35(32-30-34)36(28-24-9-6-3)37-33-26-23-11-8-5-2/h29-32,36H,4-28,33H2,1-3H3. The maximum Gasteiger partial charge on any atom is 0.0824 e. The van der Waals surface area contributed by atoms with Crippen LogP contribution in [0.1, 0.15) is 192 Å². The molecule has 0 aromatic heterocycles. The Kier molecular flexibility index (Phi) is 24.8. The predicted molar refractivity (Wildman–Crippen MR) is 167 cm³/mol. The summed E-state index contributed by atoms with van der Waals surface area (Å²) in [6.45, 7) is 7.79. The lowest BCUT2D eigenvalue weighted by Crippen LogP contribution is -2.06. The van der Waals surface area contributed by atoms with Gasteiger partial charge in [-0.1, -0.05) is 180 Å². The molecule has 0 heterocycles. The molecule has 1 rings (SSSR count). The van der Waals surface area contributed by atoms with Crippen LogP contribution in [0.5, 0.6) is 0 Å². The first-order chi connectivity index (χ1) is 18.3. The number of hydrogen-bond donors (Lipinski definition) is 0. The Balaban J connectivity index is 2.11. The highest BCUT2D eigenvalue weighted by atomic mass is 16.5. The van der Waals surface area contributed by atoms with Crippen molar-refractivity contribution >= 4 is 0 Å². The SMILES string of the molecule is CCCCCCCCCCCCCCCCCc1ccc(C(CCCCC)OCCCCCCC)cc1. The largest absolute Gasteiger partial charge is 0.374 e. The van der Waals surface area contributed by atoms with Gasteiger partial charge in [-0.2, -0.15) is 0 Å². The van der Waals surface area contributed by atoms with Crippen molar-refractivity contribution in [1.29, 1.82) is 0 Å². The normalized spacial score (nSPS) is 12.3. The van der Waals surface area contributed by atoms with Crippen LogP contribution in [-0.2, 0) is 11.2 Å². The van der Waals surface area contributed by atoms with Crippen molar-refractivity contribution in [2.75, 3.05) is 6.61 Å². The zero-order chi connectivity index (χ0) is 26.7. The molecule has 0 bridgehead atoms. The van der Waals surface area contributed by atoms with Crippen LogP contribution in [0.4, 0.5) is 0 Å². The molecule has 1 nitrogen and oxygen atoms in total. The Labute approximate surface area is 233 Å². The van der Waals surface area contributed by atoms with Gasteiger partial charge in [-0.05, 0) is 36.8 Å². The minimum atomic E-state index is 0.289. The number of ether oxygens (including phenoxy) is 1. The van der Waals surface area contributed by atoms with Crippen LogP contribution in [0.15, 0.2) is 24.3 Å². The first kappa shape index (κ1) is 34.2. The maximum absolute atomic E-state index is 6.39. The lowest BCUT2D eigenvalue weighted by atomic mass is 9.99. The quantitative estimate of drug-likeness (QED) is 0.101. The van der Waals surface area contributed by atoms with E-state index >= 15 is 0 Å². The van der Waals surface area contributed by atoms with Crippen LogP contribution in [0.2, 0.25) is 0 Å². The molecule has 0 saturated heterocycles. The van der Waals surface area contributed by atoms with Crippen molar-refractivity contribution in [2.24, 2.45) is 0 Å². The van der Waals surface area contributed by atoms with Gasteiger partial charge in [0.05, 0.1) is 6.10 Å². The highest BCUT2D eigenvalue weighted by Crippen LogP contribution is 2.25. The molecular weight excluding hydrogens is 448 g/mol. The molecule has 216 valence electrons. The Morgan fingerprint density at radius 2 is 0.865 bits per heavy atom. The summed E-state index contributed by atoms with van der Waals surface area (Å²) in [4.78, 5) is 0. The van der Waals surface area contributed by atoms with Crippen molar-refractivity contribution in [2.45, 2.75) is 187 Å². The zero-order valence-electron chi connectivity index (χ0n) is 25.7. The molecular formula is C36H66O. The zero-order valence-corrected chi connectivity index (χ0v) is 25.7. The van der Waals surface area contributed by atoms with Gasteiger partial charge in [0.15, 0.2) is 0 Å². The van der Waals surface area contributed by atoms with Crippen molar-refractivity contribution < 1.29 is 4.74 Å². The molecule has 1 aromatic rings. The van der Waals surface area contributed by atoms with Gasteiger partial charge in [-0.15, -0.1) is 0 Å². The third-order valence-corrected chi connectivity index (χ3v) is 8.06. The van der Waals surface area contributed by atoms with E-state index in [0.29, 0.717) is 0 Å². The Hall–Kier alpha value is -0.820. The number of aryl methyl sites for hydroxylation is 1. The summed E-state index contributed by atoms with van der Waals surface area (Å²) in [6, 6.07) is 9.45. The molecule has 0 fully saturated rings. The monoisotopic (exact) mass is 515 g/mol. The lowest BCUT2D eigenvalue weighted by molar-refractivity contribution is 0.0422. The summed E-state index contributed by atoms with van der Waals surface area (Å²) in [5.74, 6) is 0. The van der Waals surface area contributed by atoms with Crippen LogP contribution in [0.3, 0.4) is 0 Å². The van der Waals surface area contributed by atoms with E-state index in [1.165, 1.54) is 172 Å². The highest BCUT2D eigenvalue weighted by Gasteiger charge is 2.12. The highest BCUT2D eigenvalue weighted by molar-refractivity contribution is 5.24. The van der Waals surface area contributed by atoms with Crippen LogP contribution in [-0.4, -0.2) is 6.61 Å². The molecule has 37 heavy (non-hydrogen) atoms. The molecule has 0 aliphatic heterocycles. The van der Waals surface area contributed by atoms with Gasteiger partial charge in [0.2, 0.25) is 0 Å². The molecule has 0 saturated carbocycles. The minimum Gasteiger partial charge on any atom is -0.374 e. The third kappa shape index (κ3) is 20.8. The van der Waals surface area contributed by atoms with Crippen LogP contribution in [0, 0.1) is 0 Å². The fourth-order valence-electron chi connectivity index (χ4n) is 5.46. The van der Waals surface area contributed by atoms with Crippen LogP contribution >= 0.6 is 0 Å². The van der Waals surface area contributed by atoms with Gasteiger partial charge in [0.25, 0.3) is 0 Å². The molecule has 0 amide bonds. The summed E-state index contributed by atoms with van der Waals surface area (Å²) in [7, 11) is 0. The average Bonchev–Trinajstić information content (AvgIpc) is 2.92. The average molecular weight is 515 g/mol. The molecule has 0 radical (unpaired) electrons. The van der Waals surface area contributed by atoms with E-state index in [9.17, 15) is 0 Å². The fourth-order valence-corrected chi connectivity index (χ4v) is 5.46. The van der Waals surface area contributed by atoms with Crippen molar-refractivity contribution in [3.63, 3.8) is 0 Å². The Morgan fingerprint density at radius 3 is 1.35 bits per heavy atom.